The van der Waals surface area contributed by atoms with Gasteiger partial charge < -0.3 is 9.47 Å². The Bertz CT molecular complexity index is 410. The molecule has 0 spiro atoms. The second kappa shape index (κ2) is 10.4. The van der Waals surface area contributed by atoms with E-state index in [1.807, 2.05) is 37.3 Å². The van der Waals surface area contributed by atoms with Gasteiger partial charge in [-0.3, -0.25) is 4.84 Å². The third-order valence-electron chi connectivity index (χ3n) is 3.45. The first-order chi connectivity index (χ1) is 10.6. The standard InChI is InChI=1S/C18H29NO3/c1-5-13-20-15-17(22-19-7-3)14-18(4,6-2)21-16-11-9-8-10-12-16/h5,8-12,17,19H,1,6-7,13-15H2,2-4H3. The first-order valence-corrected chi connectivity index (χ1v) is 7.94. The van der Waals surface area contributed by atoms with Crippen molar-refractivity contribution >= 4 is 0 Å². The minimum atomic E-state index is -0.307. The van der Waals surface area contributed by atoms with Crippen LogP contribution in [-0.2, 0) is 9.57 Å². The summed E-state index contributed by atoms with van der Waals surface area (Å²) in [6.07, 6.45) is 3.29. The summed E-state index contributed by atoms with van der Waals surface area (Å²) in [5.41, 5.74) is 2.62. The molecule has 0 fully saturated rings. The molecule has 0 saturated carbocycles. The van der Waals surface area contributed by atoms with Crippen molar-refractivity contribution in [2.45, 2.75) is 45.3 Å². The summed E-state index contributed by atoms with van der Waals surface area (Å²) in [5.74, 6) is 0.876. The van der Waals surface area contributed by atoms with E-state index in [-0.39, 0.29) is 11.7 Å². The van der Waals surface area contributed by atoms with Crippen molar-refractivity contribution in [2.24, 2.45) is 0 Å². The molecule has 124 valence electrons. The fraction of sp³-hybridized carbons (Fsp3) is 0.556. The molecule has 1 aromatic carbocycles. The van der Waals surface area contributed by atoms with Gasteiger partial charge in [0.2, 0.25) is 0 Å². The number of para-hydroxylation sites is 1. The molecule has 4 heteroatoms. The van der Waals surface area contributed by atoms with Crippen LogP contribution in [0.3, 0.4) is 0 Å². The van der Waals surface area contributed by atoms with E-state index in [1.54, 1.807) is 6.08 Å². The van der Waals surface area contributed by atoms with Crippen LogP contribution in [0.2, 0.25) is 0 Å². The van der Waals surface area contributed by atoms with Crippen LogP contribution in [0, 0.1) is 0 Å². The third-order valence-corrected chi connectivity index (χ3v) is 3.45. The predicted octanol–water partition coefficient (Wildman–Crippen LogP) is 3.74. The van der Waals surface area contributed by atoms with E-state index in [4.69, 9.17) is 14.3 Å². The highest BCUT2D eigenvalue weighted by Gasteiger charge is 2.29. The maximum atomic E-state index is 6.18. The maximum Gasteiger partial charge on any atom is 0.120 e. The van der Waals surface area contributed by atoms with Crippen molar-refractivity contribution in [3.63, 3.8) is 0 Å². The minimum Gasteiger partial charge on any atom is -0.487 e. The van der Waals surface area contributed by atoms with Crippen molar-refractivity contribution < 1.29 is 14.3 Å². The largest absolute Gasteiger partial charge is 0.487 e. The number of nitrogens with one attached hydrogen (secondary N) is 1. The molecule has 1 aromatic rings. The van der Waals surface area contributed by atoms with Crippen molar-refractivity contribution in [3.05, 3.63) is 43.0 Å². The van der Waals surface area contributed by atoms with Gasteiger partial charge in [0.1, 0.15) is 17.5 Å². The van der Waals surface area contributed by atoms with Crippen LogP contribution in [0.1, 0.15) is 33.6 Å². The van der Waals surface area contributed by atoms with E-state index in [2.05, 4.69) is 25.9 Å². The van der Waals surface area contributed by atoms with Crippen LogP contribution < -0.4 is 10.2 Å². The fourth-order valence-electron chi connectivity index (χ4n) is 2.13. The van der Waals surface area contributed by atoms with Crippen molar-refractivity contribution in [2.75, 3.05) is 19.8 Å². The molecular weight excluding hydrogens is 278 g/mol. The van der Waals surface area contributed by atoms with Gasteiger partial charge in [0.15, 0.2) is 0 Å². The van der Waals surface area contributed by atoms with Gasteiger partial charge in [-0.05, 0) is 25.5 Å². The Labute approximate surface area is 134 Å². The zero-order valence-electron chi connectivity index (χ0n) is 14.0. The summed E-state index contributed by atoms with van der Waals surface area (Å²) in [6, 6.07) is 9.89. The lowest BCUT2D eigenvalue weighted by Crippen LogP contribution is -2.40. The molecule has 22 heavy (non-hydrogen) atoms. The number of hydroxylamine groups is 1. The van der Waals surface area contributed by atoms with Gasteiger partial charge in [-0.25, -0.2) is 5.48 Å². The molecule has 0 aliphatic heterocycles. The van der Waals surface area contributed by atoms with Crippen LogP contribution in [0.4, 0.5) is 0 Å². The van der Waals surface area contributed by atoms with Crippen LogP contribution in [0.5, 0.6) is 5.75 Å². The lowest BCUT2D eigenvalue weighted by Gasteiger charge is -2.33. The molecule has 0 saturated heterocycles. The Morgan fingerprint density at radius 3 is 2.59 bits per heavy atom. The summed E-state index contributed by atoms with van der Waals surface area (Å²) in [4.78, 5) is 5.68. The van der Waals surface area contributed by atoms with Gasteiger partial charge in [-0.2, -0.15) is 0 Å². The molecule has 1 rings (SSSR count). The third kappa shape index (κ3) is 7.07. The van der Waals surface area contributed by atoms with Gasteiger partial charge >= 0.3 is 0 Å². The highest BCUT2D eigenvalue weighted by molar-refractivity contribution is 5.22. The molecule has 0 aliphatic rings. The first kappa shape index (κ1) is 18.7. The Kier molecular flexibility index (Phi) is 8.82. The minimum absolute atomic E-state index is 0.0754. The van der Waals surface area contributed by atoms with E-state index in [0.717, 1.165) is 25.1 Å². The van der Waals surface area contributed by atoms with Crippen LogP contribution in [0.25, 0.3) is 0 Å². The van der Waals surface area contributed by atoms with Crippen molar-refractivity contribution in [1.82, 2.24) is 5.48 Å². The normalized spacial score (nSPS) is 15.0. The molecule has 0 aliphatic carbocycles. The topological polar surface area (TPSA) is 39.7 Å². The first-order valence-electron chi connectivity index (χ1n) is 7.94. The van der Waals surface area contributed by atoms with E-state index in [9.17, 15) is 0 Å². The molecule has 0 bridgehead atoms. The van der Waals surface area contributed by atoms with Crippen LogP contribution in [-0.4, -0.2) is 31.5 Å². The monoisotopic (exact) mass is 307 g/mol. The summed E-state index contributed by atoms with van der Waals surface area (Å²) < 4.78 is 11.7. The van der Waals surface area contributed by atoms with Gasteiger partial charge in [0.25, 0.3) is 0 Å². The van der Waals surface area contributed by atoms with Gasteiger partial charge in [-0.15, -0.1) is 6.58 Å². The molecule has 4 nitrogen and oxygen atoms in total. The lowest BCUT2D eigenvalue weighted by molar-refractivity contribution is -0.0931. The van der Waals surface area contributed by atoms with Crippen molar-refractivity contribution in [3.8, 4) is 5.75 Å². The molecule has 0 radical (unpaired) electrons. The molecule has 0 heterocycles. The molecule has 0 aromatic heterocycles. The van der Waals surface area contributed by atoms with Gasteiger partial charge in [0, 0.05) is 13.0 Å². The quantitative estimate of drug-likeness (QED) is 0.363. The Morgan fingerprint density at radius 2 is 2.00 bits per heavy atom. The molecule has 0 amide bonds. The average Bonchev–Trinajstić information content (AvgIpc) is 2.53. The number of benzene rings is 1. The van der Waals surface area contributed by atoms with Crippen LogP contribution >= 0.6 is 0 Å². The number of ether oxygens (including phenoxy) is 2. The fourth-order valence-corrected chi connectivity index (χ4v) is 2.13. The molecular formula is C18H29NO3. The number of hydrogen-bond donors (Lipinski definition) is 1. The highest BCUT2D eigenvalue weighted by Crippen LogP contribution is 2.26. The van der Waals surface area contributed by atoms with E-state index in [1.165, 1.54) is 0 Å². The van der Waals surface area contributed by atoms with E-state index in [0.29, 0.717) is 13.2 Å². The maximum absolute atomic E-state index is 6.18. The molecule has 1 N–H and O–H groups in total. The summed E-state index contributed by atoms with van der Waals surface area (Å²) in [5, 5.41) is 0. The molecule has 2 unspecified atom stereocenters. The lowest BCUT2D eigenvalue weighted by atomic mass is 9.95. The number of rotatable bonds is 12. The smallest absolute Gasteiger partial charge is 0.120 e. The molecule has 2 atom stereocenters. The second-order valence-corrected chi connectivity index (χ2v) is 5.49. The Hall–Kier alpha value is -1.36. The second-order valence-electron chi connectivity index (χ2n) is 5.49. The Morgan fingerprint density at radius 1 is 1.27 bits per heavy atom. The van der Waals surface area contributed by atoms with Crippen LogP contribution in [0.15, 0.2) is 43.0 Å². The number of hydrogen-bond acceptors (Lipinski definition) is 4. The summed E-state index contributed by atoms with van der Waals surface area (Å²) in [7, 11) is 0. The highest BCUT2D eigenvalue weighted by atomic mass is 16.7. The van der Waals surface area contributed by atoms with Gasteiger partial charge in [-0.1, -0.05) is 38.1 Å². The van der Waals surface area contributed by atoms with E-state index >= 15 is 0 Å². The average molecular weight is 307 g/mol. The zero-order valence-corrected chi connectivity index (χ0v) is 14.0. The van der Waals surface area contributed by atoms with E-state index < -0.39 is 0 Å². The van der Waals surface area contributed by atoms with Crippen molar-refractivity contribution in [1.29, 1.82) is 0 Å². The SMILES string of the molecule is C=CCOCC(CC(C)(CC)Oc1ccccc1)ONCC. The van der Waals surface area contributed by atoms with Gasteiger partial charge in [0.05, 0.1) is 13.2 Å². The Balaban J connectivity index is 2.65. The zero-order chi connectivity index (χ0) is 16.3. The summed E-state index contributed by atoms with van der Waals surface area (Å²) in [6.45, 7) is 11.7. The summed E-state index contributed by atoms with van der Waals surface area (Å²) >= 11 is 0. The predicted molar refractivity (Wildman–Crippen MR) is 89.9 cm³/mol.